The molecule has 4 rings (SSSR count). The molecule has 0 radical (unpaired) electrons. The summed E-state index contributed by atoms with van der Waals surface area (Å²) in [5, 5.41) is 8.62. The number of para-hydroxylation sites is 2. The van der Waals surface area contributed by atoms with Gasteiger partial charge < -0.3 is 15.0 Å². The zero-order valence-electron chi connectivity index (χ0n) is 16.5. The molecule has 1 aliphatic heterocycles. The van der Waals surface area contributed by atoms with Gasteiger partial charge in [-0.3, -0.25) is 9.48 Å². The summed E-state index contributed by atoms with van der Waals surface area (Å²) in [4.78, 5) is 23.8. The zero-order chi connectivity index (χ0) is 19.8. The third kappa shape index (κ3) is 3.15. The van der Waals surface area contributed by atoms with E-state index in [1.807, 2.05) is 31.3 Å². The molecule has 2 aromatic heterocycles. The maximum absolute atomic E-state index is 12.7. The standard InChI is InChI=1S/C20H24N6O2/c1-12(2)18-23-19(14-10-21-25(3)20(14)24-18)22-13-9-17(27)26(11-13)15-7-5-6-8-16(15)28-4/h5-8,10,12-13H,9,11H2,1-4H3,(H,22,23,24). The van der Waals surface area contributed by atoms with Gasteiger partial charge in [-0.05, 0) is 12.1 Å². The number of aryl methyl sites for hydroxylation is 1. The number of nitrogens with one attached hydrogen (secondary N) is 1. The highest BCUT2D eigenvalue weighted by Crippen LogP contribution is 2.32. The highest BCUT2D eigenvalue weighted by atomic mass is 16.5. The van der Waals surface area contributed by atoms with Gasteiger partial charge in [0.25, 0.3) is 0 Å². The zero-order valence-corrected chi connectivity index (χ0v) is 16.5. The lowest BCUT2D eigenvalue weighted by Gasteiger charge is -2.20. The molecule has 1 saturated heterocycles. The Balaban J connectivity index is 1.63. The maximum Gasteiger partial charge on any atom is 0.229 e. The molecular weight excluding hydrogens is 356 g/mol. The topological polar surface area (TPSA) is 85.2 Å². The van der Waals surface area contributed by atoms with Crippen molar-refractivity contribution in [1.82, 2.24) is 19.7 Å². The third-order valence-electron chi connectivity index (χ3n) is 4.97. The molecule has 0 bridgehead atoms. The number of hydrogen-bond acceptors (Lipinski definition) is 6. The lowest BCUT2D eigenvalue weighted by Crippen LogP contribution is -2.28. The Morgan fingerprint density at radius 1 is 1.25 bits per heavy atom. The minimum atomic E-state index is -0.0595. The summed E-state index contributed by atoms with van der Waals surface area (Å²) in [6, 6.07) is 7.51. The molecule has 1 unspecified atom stereocenters. The van der Waals surface area contributed by atoms with Crippen LogP contribution >= 0.6 is 0 Å². The van der Waals surface area contributed by atoms with Crippen molar-refractivity contribution in [2.75, 3.05) is 23.9 Å². The van der Waals surface area contributed by atoms with Gasteiger partial charge in [0.2, 0.25) is 5.91 Å². The van der Waals surface area contributed by atoms with E-state index in [0.717, 1.165) is 28.4 Å². The van der Waals surface area contributed by atoms with Crippen LogP contribution in [0.5, 0.6) is 5.75 Å². The molecule has 0 saturated carbocycles. The lowest BCUT2D eigenvalue weighted by atomic mass is 10.2. The predicted octanol–water partition coefficient (Wildman–Crippen LogP) is 2.71. The van der Waals surface area contributed by atoms with Crippen molar-refractivity contribution in [2.24, 2.45) is 7.05 Å². The highest BCUT2D eigenvalue weighted by molar-refractivity contribution is 5.98. The molecule has 1 fully saturated rings. The minimum Gasteiger partial charge on any atom is -0.495 e. The molecule has 0 aliphatic carbocycles. The van der Waals surface area contributed by atoms with Gasteiger partial charge in [0, 0.05) is 25.9 Å². The van der Waals surface area contributed by atoms with Crippen LogP contribution in [0, 0.1) is 0 Å². The molecule has 8 heteroatoms. The Hall–Kier alpha value is -3.16. The molecule has 146 valence electrons. The van der Waals surface area contributed by atoms with E-state index < -0.39 is 0 Å². The van der Waals surface area contributed by atoms with Crippen molar-refractivity contribution in [3.63, 3.8) is 0 Å². The van der Waals surface area contributed by atoms with E-state index in [-0.39, 0.29) is 17.9 Å². The van der Waals surface area contributed by atoms with Gasteiger partial charge in [0.1, 0.15) is 17.4 Å². The van der Waals surface area contributed by atoms with E-state index in [9.17, 15) is 4.79 Å². The van der Waals surface area contributed by atoms with Gasteiger partial charge in [-0.25, -0.2) is 9.97 Å². The van der Waals surface area contributed by atoms with Gasteiger partial charge in [-0.15, -0.1) is 0 Å². The van der Waals surface area contributed by atoms with E-state index in [1.54, 1.807) is 22.9 Å². The molecule has 1 aromatic carbocycles. The van der Waals surface area contributed by atoms with E-state index in [0.29, 0.717) is 18.7 Å². The number of nitrogens with zero attached hydrogens (tertiary/aromatic N) is 5. The number of rotatable bonds is 5. The largest absolute Gasteiger partial charge is 0.495 e. The van der Waals surface area contributed by atoms with Crippen LogP contribution in [-0.2, 0) is 11.8 Å². The number of benzene rings is 1. The Kier molecular flexibility index (Phi) is 4.62. The quantitative estimate of drug-likeness (QED) is 0.733. The molecule has 1 atom stereocenters. The summed E-state index contributed by atoms with van der Waals surface area (Å²) >= 11 is 0. The predicted molar refractivity (Wildman–Crippen MR) is 108 cm³/mol. The van der Waals surface area contributed by atoms with Crippen LogP contribution in [0.15, 0.2) is 30.5 Å². The Labute approximate surface area is 163 Å². The van der Waals surface area contributed by atoms with E-state index >= 15 is 0 Å². The molecule has 28 heavy (non-hydrogen) atoms. The van der Waals surface area contributed by atoms with Gasteiger partial charge in [0.15, 0.2) is 5.65 Å². The number of methoxy groups -OCH3 is 1. The fourth-order valence-electron chi connectivity index (χ4n) is 3.49. The smallest absolute Gasteiger partial charge is 0.229 e. The SMILES string of the molecule is COc1ccccc1N1CC(Nc2nc(C(C)C)nc3c2cnn3C)CC1=O. The second-order valence-electron chi connectivity index (χ2n) is 7.31. The average Bonchev–Trinajstić information content (AvgIpc) is 3.24. The number of aromatic nitrogens is 4. The number of hydrogen-bond donors (Lipinski definition) is 1. The number of fused-ring (bicyclic) bond motifs is 1. The first-order chi connectivity index (χ1) is 13.5. The fraction of sp³-hybridized carbons (Fsp3) is 0.400. The summed E-state index contributed by atoms with van der Waals surface area (Å²) in [6.45, 7) is 4.66. The first kappa shape index (κ1) is 18.2. The van der Waals surface area contributed by atoms with Crippen LogP contribution < -0.4 is 15.0 Å². The van der Waals surface area contributed by atoms with Gasteiger partial charge >= 0.3 is 0 Å². The van der Waals surface area contributed by atoms with E-state index in [4.69, 9.17) is 9.72 Å². The van der Waals surface area contributed by atoms with Crippen LogP contribution in [0.3, 0.4) is 0 Å². The molecule has 8 nitrogen and oxygen atoms in total. The summed E-state index contributed by atoms with van der Waals surface area (Å²) in [6.07, 6.45) is 2.15. The van der Waals surface area contributed by atoms with Gasteiger partial charge in [0.05, 0.1) is 30.4 Å². The molecule has 3 aromatic rings. The third-order valence-corrected chi connectivity index (χ3v) is 4.97. The molecule has 1 N–H and O–H groups in total. The normalized spacial score (nSPS) is 17.0. The van der Waals surface area contributed by atoms with Crippen molar-refractivity contribution in [3.8, 4) is 5.75 Å². The summed E-state index contributed by atoms with van der Waals surface area (Å²) in [5.41, 5.74) is 1.57. The second kappa shape index (κ2) is 7.10. The Morgan fingerprint density at radius 2 is 2.04 bits per heavy atom. The second-order valence-corrected chi connectivity index (χ2v) is 7.31. The first-order valence-electron chi connectivity index (χ1n) is 9.37. The number of carbonyl (C=O) groups is 1. The first-order valence-corrected chi connectivity index (χ1v) is 9.37. The highest BCUT2D eigenvalue weighted by Gasteiger charge is 2.32. The molecule has 0 spiro atoms. The summed E-state index contributed by atoms with van der Waals surface area (Å²) < 4.78 is 7.16. The molecule has 3 heterocycles. The monoisotopic (exact) mass is 380 g/mol. The van der Waals surface area contributed by atoms with Crippen LogP contribution in [0.2, 0.25) is 0 Å². The van der Waals surface area contributed by atoms with Gasteiger partial charge in [-0.1, -0.05) is 26.0 Å². The average molecular weight is 380 g/mol. The number of carbonyl (C=O) groups excluding carboxylic acids is 1. The minimum absolute atomic E-state index is 0.0579. The molecule has 1 aliphatic rings. The number of ether oxygens (including phenoxy) is 1. The summed E-state index contributed by atoms with van der Waals surface area (Å²) in [7, 11) is 3.48. The van der Waals surface area contributed by atoms with E-state index in [1.165, 1.54) is 0 Å². The van der Waals surface area contributed by atoms with Crippen LogP contribution in [0.1, 0.15) is 32.0 Å². The van der Waals surface area contributed by atoms with Crippen LogP contribution in [0.4, 0.5) is 11.5 Å². The van der Waals surface area contributed by atoms with Crippen LogP contribution in [-0.4, -0.2) is 45.4 Å². The Morgan fingerprint density at radius 3 is 2.79 bits per heavy atom. The van der Waals surface area contributed by atoms with Crippen molar-refractivity contribution in [3.05, 3.63) is 36.3 Å². The molecule has 1 amide bonds. The van der Waals surface area contributed by atoms with Gasteiger partial charge in [-0.2, -0.15) is 5.10 Å². The van der Waals surface area contributed by atoms with Crippen molar-refractivity contribution < 1.29 is 9.53 Å². The molecular formula is C20H24N6O2. The van der Waals surface area contributed by atoms with Crippen molar-refractivity contribution in [2.45, 2.75) is 32.2 Å². The lowest BCUT2D eigenvalue weighted by molar-refractivity contribution is -0.117. The summed E-state index contributed by atoms with van der Waals surface area (Å²) in [5.74, 6) is 2.42. The van der Waals surface area contributed by atoms with E-state index in [2.05, 4.69) is 29.2 Å². The maximum atomic E-state index is 12.7. The van der Waals surface area contributed by atoms with Crippen molar-refractivity contribution >= 4 is 28.4 Å². The van der Waals surface area contributed by atoms with Crippen molar-refractivity contribution in [1.29, 1.82) is 0 Å². The number of anilines is 2. The number of amides is 1. The fourth-order valence-corrected chi connectivity index (χ4v) is 3.49. The van der Waals surface area contributed by atoms with Crippen LogP contribution in [0.25, 0.3) is 11.0 Å². The Bertz CT molecular complexity index is 1030.